The molecule has 0 fully saturated rings. The van der Waals surface area contributed by atoms with E-state index in [1.807, 2.05) is 0 Å². The fourth-order valence-corrected chi connectivity index (χ4v) is 2.44. The first-order chi connectivity index (χ1) is 10.5. The fraction of sp³-hybridized carbons (Fsp3) is 0.133. The largest absolute Gasteiger partial charge is 0.396 e. The van der Waals surface area contributed by atoms with E-state index in [0.29, 0.717) is 33.4 Å². The van der Waals surface area contributed by atoms with E-state index in [4.69, 9.17) is 28.3 Å². The molecule has 0 aromatic heterocycles. The van der Waals surface area contributed by atoms with Crippen LogP contribution in [0.15, 0.2) is 36.4 Å². The molecule has 0 aliphatic carbocycles. The number of aliphatic hydroxyl groups is 1. The molecule has 2 rings (SSSR count). The van der Waals surface area contributed by atoms with Crippen molar-refractivity contribution >= 4 is 40.6 Å². The molecule has 116 valence electrons. The van der Waals surface area contributed by atoms with Crippen molar-refractivity contribution in [3.63, 3.8) is 0 Å². The van der Waals surface area contributed by atoms with Crippen molar-refractivity contribution in [2.45, 2.75) is 6.42 Å². The maximum absolute atomic E-state index is 13.3. The molecule has 0 radical (unpaired) electrons. The van der Waals surface area contributed by atoms with Crippen LogP contribution < -0.4 is 10.6 Å². The fourth-order valence-electron chi connectivity index (χ4n) is 1.91. The number of aliphatic hydroxyl groups excluding tert-OH is 1. The van der Waals surface area contributed by atoms with Crippen molar-refractivity contribution in [1.29, 1.82) is 0 Å². The highest BCUT2D eigenvalue weighted by Crippen LogP contribution is 2.23. The molecule has 3 N–H and O–H groups in total. The number of hydrogen-bond donors (Lipinski definition) is 3. The first-order valence-corrected chi connectivity index (χ1v) is 7.17. The zero-order valence-electron chi connectivity index (χ0n) is 11.4. The lowest BCUT2D eigenvalue weighted by molar-refractivity contribution is 0.262. The second-order valence-corrected chi connectivity index (χ2v) is 5.39. The summed E-state index contributed by atoms with van der Waals surface area (Å²) in [5.41, 5.74) is 1.33. The molecule has 2 aromatic rings. The van der Waals surface area contributed by atoms with Crippen molar-refractivity contribution in [2.75, 3.05) is 17.2 Å². The van der Waals surface area contributed by atoms with Gasteiger partial charge in [0.25, 0.3) is 0 Å². The lowest BCUT2D eigenvalue weighted by Gasteiger charge is -2.12. The highest BCUT2D eigenvalue weighted by atomic mass is 35.5. The SMILES string of the molecule is O=C(Nc1cc(Cl)cc(Cl)c1)Nc1cc(F)ccc1CCO. The molecule has 2 amide bonds. The number of carbonyl (C=O) groups excluding carboxylic acids is 1. The van der Waals surface area contributed by atoms with Gasteiger partial charge in [-0.15, -0.1) is 0 Å². The first kappa shape index (κ1) is 16.5. The second-order valence-electron chi connectivity index (χ2n) is 4.51. The molecule has 22 heavy (non-hydrogen) atoms. The Morgan fingerprint density at radius 3 is 2.41 bits per heavy atom. The Morgan fingerprint density at radius 1 is 1.09 bits per heavy atom. The first-order valence-electron chi connectivity index (χ1n) is 6.41. The molecule has 0 saturated carbocycles. The molecule has 2 aromatic carbocycles. The molecule has 0 bridgehead atoms. The van der Waals surface area contributed by atoms with Crippen LogP contribution in [-0.4, -0.2) is 17.7 Å². The Balaban J connectivity index is 2.13. The average Bonchev–Trinajstić information content (AvgIpc) is 2.40. The van der Waals surface area contributed by atoms with Crippen LogP contribution in [0.2, 0.25) is 10.0 Å². The van der Waals surface area contributed by atoms with E-state index >= 15 is 0 Å². The zero-order chi connectivity index (χ0) is 16.1. The quantitative estimate of drug-likeness (QED) is 0.775. The van der Waals surface area contributed by atoms with Gasteiger partial charge in [-0.25, -0.2) is 9.18 Å². The summed E-state index contributed by atoms with van der Waals surface area (Å²) in [6, 6.07) is 8.01. The van der Waals surface area contributed by atoms with E-state index in [9.17, 15) is 9.18 Å². The number of anilines is 2. The molecule has 0 aliphatic rings. The molecule has 0 atom stereocenters. The third-order valence-electron chi connectivity index (χ3n) is 2.82. The van der Waals surface area contributed by atoms with Crippen molar-refractivity contribution in [3.05, 3.63) is 57.8 Å². The maximum atomic E-state index is 13.3. The third-order valence-corrected chi connectivity index (χ3v) is 3.26. The van der Waals surface area contributed by atoms with E-state index in [1.54, 1.807) is 0 Å². The van der Waals surface area contributed by atoms with Gasteiger partial charge in [-0.1, -0.05) is 29.3 Å². The summed E-state index contributed by atoms with van der Waals surface area (Å²) in [7, 11) is 0. The van der Waals surface area contributed by atoms with Gasteiger partial charge in [0.15, 0.2) is 0 Å². The lowest BCUT2D eigenvalue weighted by atomic mass is 10.1. The second kappa shape index (κ2) is 7.45. The lowest BCUT2D eigenvalue weighted by Crippen LogP contribution is -2.20. The van der Waals surface area contributed by atoms with Gasteiger partial charge < -0.3 is 15.7 Å². The monoisotopic (exact) mass is 342 g/mol. The van der Waals surface area contributed by atoms with E-state index in [1.165, 1.54) is 36.4 Å². The van der Waals surface area contributed by atoms with Crippen LogP contribution >= 0.6 is 23.2 Å². The number of urea groups is 1. The Kier molecular flexibility index (Phi) is 5.60. The minimum Gasteiger partial charge on any atom is -0.396 e. The molecule has 0 heterocycles. The predicted octanol–water partition coefficient (Wildman–Crippen LogP) is 4.31. The van der Waals surface area contributed by atoms with Crippen LogP contribution in [0.4, 0.5) is 20.6 Å². The summed E-state index contributed by atoms with van der Waals surface area (Å²) in [6.45, 7) is -0.105. The van der Waals surface area contributed by atoms with Crippen LogP contribution in [0.5, 0.6) is 0 Å². The number of nitrogens with one attached hydrogen (secondary N) is 2. The van der Waals surface area contributed by atoms with Crippen molar-refractivity contribution in [2.24, 2.45) is 0 Å². The van der Waals surface area contributed by atoms with Gasteiger partial charge in [-0.3, -0.25) is 0 Å². The molecule has 0 saturated heterocycles. The maximum Gasteiger partial charge on any atom is 0.323 e. The molecule has 4 nitrogen and oxygen atoms in total. The number of hydrogen-bond acceptors (Lipinski definition) is 2. The van der Waals surface area contributed by atoms with Gasteiger partial charge in [-0.05, 0) is 42.3 Å². The number of carbonyl (C=O) groups is 1. The summed E-state index contributed by atoms with van der Waals surface area (Å²) in [6.07, 6.45) is 0.304. The highest BCUT2D eigenvalue weighted by Gasteiger charge is 2.09. The summed E-state index contributed by atoms with van der Waals surface area (Å²) in [4.78, 5) is 12.0. The van der Waals surface area contributed by atoms with Gasteiger partial charge in [0, 0.05) is 28.0 Å². The van der Waals surface area contributed by atoms with Gasteiger partial charge >= 0.3 is 6.03 Å². The summed E-state index contributed by atoms with van der Waals surface area (Å²) >= 11 is 11.7. The van der Waals surface area contributed by atoms with Gasteiger partial charge in [-0.2, -0.15) is 0 Å². The van der Waals surface area contributed by atoms with Gasteiger partial charge in [0.2, 0.25) is 0 Å². The highest BCUT2D eigenvalue weighted by molar-refractivity contribution is 6.35. The molecule has 0 aliphatic heterocycles. The number of benzene rings is 2. The molecular weight excluding hydrogens is 330 g/mol. The normalized spacial score (nSPS) is 10.4. The van der Waals surface area contributed by atoms with E-state index in [-0.39, 0.29) is 6.61 Å². The van der Waals surface area contributed by atoms with Gasteiger partial charge in [0.1, 0.15) is 5.82 Å². The topological polar surface area (TPSA) is 61.4 Å². The standard InChI is InChI=1S/C15H13Cl2FN2O2/c16-10-5-11(17)7-13(6-10)19-15(22)20-14-8-12(18)2-1-9(14)3-4-21/h1-2,5-8,21H,3-4H2,(H2,19,20,22). The van der Waals surface area contributed by atoms with E-state index < -0.39 is 11.8 Å². The van der Waals surface area contributed by atoms with Crippen molar-refractivity contribution in [3.8, 4) is 0 Å². The summed E-state index contributed by atoms with van der Waals surface area (Å²) in [5.74, 6) is -0.484. The van der Waals surface area contributed by atoms with Crippen molar-refractivity contribution in [1.82, 2.24) is 0 Å². The average molecular weight is 343 g/mol. The predicted molar refractivity (Wildman–Crippen MR) is 86.3 cm³/mol. The number of rotatable bonds is 4. The number of halogens is 3. The Hall–Kier alpha value is -1.82. The van der Waals surface area contributed by atoms with Crippen LogP contribution in [0.3, 0.4) is 0 Å². The summed E-state index contributed by atoms with van der Waals surface area (Å²) < 4.78 is 13.3. The van der Waals surface area contributed by atoms with Crippen molar-refractivity contribution < 1.29 is 14.3 Å². The smallest absolute Gasteiger partial charge is 0.323 e. The Morgan fingerprint density at radius 2 is 1.77 bits per heavy atom. The van der Waals surface area contributed by atoms with Crippen LogP contribution in [0.1, 0.15) is 5.56 Å². The van der Waals surface area contributed by atoms with Crippen LogP contribution in [-0.2, 0) is 6.42 Å². The van der Waals surface area contributed by atoms with E-state index in [2.05, 4.69) is 10.6 Å². The van der Waals surface area contributed by atoms with Crippen LogP contribution in [0.25, 0.3) is 0 Å². The molecule has 0 spiro atoms. The molecule has 7 heteroatoms. The minimum atomic E-state index is -0.567. The molecular formula is C15H13Cl2FN2O2. The minimum absolute atomic E-state index is 0.105. The van der Waals surface area contributed by atoms with Gasteiger partial charge in [0.05, 0.1) is 0 Å². The van der Waals surface area contributed by atoms with E-state index in [0.717, 1.165) is 0 Å². The summed E-state index contributed by atoms with van der Waals surface area (Å²) in [5, 5.41) is 14.9. The third kappa shape index (κ3) is 4.59. The zero-order valence-corrected chi connectivity index (χ0v) is 12.9. The Bertz CT molecular complexity index is 675. The Labute approximate surface area is 136 Å². The number of amides is 2. The molecule has 0 unspecified atom stereocenters. The van der Waals surface area contributed by atoms with Crippen LogP contribution in [0, 0.1) is 5.82 Å².